The lowest BCUT2D eigenvalue weighted by atomic mass is 10.2. The first-order chi connectivity index (χ1) is 10.5. The number of hydrogen-bond donors (Lipinski definition) is 1. The average molecular weight is 309 g/mol. The Hall–Kier alpha value is -1.71. The molecule has 0 atom stereocenters. The Balaban J connectivity index is -0.000000307. The van der Waals surface area contributed by atoms with E-state index >= 15 is 0 Å². The van der Waals surface area contributed by atoms with E-state index in [1.54, 1.807) is 12.3 Å². The fourth-order valence-electron chi connectivity index (χ4n) is 1.15. The van der Waals surface area contributed by atoms with Crippen LogP contribution >= 0.6 is 0 Å². The second kappa shape index (κ2) is 17.3. The second-order valence-corrected chi connectivity index (χ2v) is 4.29. The predicted octanol–water partition coefficient (Wildman–Crippen LogP) is 5.37. The van der Waals surface area contributed by atoms with E-state index in [0.717, 1.165) is 11.5 Å². The number of fused-ring (bicyclic) bond motifs is 1. The van der Waals surface area contributed by atoms with Crippen molar-refractivity contribution < 1.29 is 0 Å². The van der Waals surface area contributed by atoms with Gasteiger partial charge in [0.1, 0.15) is 0 Å². The van der Waals surface area contributed by atoms with E-state index in [1.165, 1.54) is 6.33 Å². The molecule has 0 aliphatic carbocycles. The van der Waals surface area contributed by atoms with Crippen molar-refractivity contribution in [1.82, 2.24) is 15.0 Å². The topological polar surface area (TPSA) is 58.6 Å². The van der Waals surface area contributed by atoms with Crippen LogP contribution in [0.15, 0.2) is 23.4 Å². The van der Waals surface area contributed by atoms with Gasteiger partial charge in [0.05, 0.1) is 11.7 Å². The van der Waals surface area contributed by atoms with Crippen LogP contribution in [0.1, 0.15) is 67.9 Å². The molecule has 4 nitrogen and oxygen atoms in total. The van der Waals surface area contributed by atoms with Crippen LogP contribution in [-0.2, 0) is 0 Å². The van der Waals surface area contributed by atoms with Gasteiger partial charge in [-0.1, -0.05) is 62.3 Å². The summed E-state index contributed by atoms with van der Waals surface area (Å²) in [6.07, 6.45) is 3.00. The highest BCUT2D eigenvalue weighted by Crippen LogP contribution is 2.06. The lowest BCUT2D eigenvalue weighted by molar-refractivity contribution is 0.737. The van der Waals surface area contributed by atoms with E-state index in [9.17, 15) is 4.79 Å². The van der Waals surface area contributed by atoms with Crippen molar-refractivity contribution in [2.24, 2.45) is 5.92 Å². The van der Waals surface area contributed by atoms with Crippen molar-refractivity contribution in [2.75, 3.05) is 0 Å². The molecule has 2 aromatic rings. The summed E-state index contributed by atoms with van der Waals surface area (Å²) < 4.78 is 0. The highest BCUT2D eigenvalue weighted by Gasteiger charge is 2.01. The van der Waals surface area contributed by atoms with Gasteiger partial charge in [-0.25, -0.2) is 9.97 Å². The third-order valence-electron chi connectivity index (χ3n) is 1.75. The summed E-state index contributed by atoms with van der Waals surface area (Å²) in [5.41, 5.74) is 1.26. The number of pyridine rings is 1. The quantitative estimate of drug-likeness (QED) is 0.712. The van der Waals surface area contributed by atoms with Crippen LogP contribution < -0.4 is 5.56 Å². The van der Waals surface area contributed by atoms with Crippen LogP contribution in [0, 0.1) is 12.8 Å². The summed E-state index contributed by atoms with van der Waals surface area (Å²) in [6.45, 7) is 20.4. The van der Waals surface area contributed by atoms with Gasteiger partial charge < -0.3 is 4.98 Å². The van der Waals surface area contributed by atoms with E-state index < -0.39 is 0 Å². The molecule has 128 valence electrons. The minimum Gasteiger partial charge on any atom is -0.312 e. The Morgan fingerprint density at radius 3 is 1.82 bits per heavy atom. The van der Waals surface area contributed by atoms with E-state index in [2.05, 4.69) is 35.7 Å². The number of aryl methyl sites for hydroxylation is 1. The van der Waals surface area contributed by atoms with Gasteiger partial charge >= 0.3 is 0 Å². The summed E-state index contributed by atoms with van der Waals surface area (Å²) in [4.78, 5) is 21.7. The Morgan fingerprint density at radius 1 is 0.955 bits per heavy atom. The van der Waals surface area contributed by atoms with Gasteiger partial charge in [0.2, 0.25) is 0 Å². The maximum Gasteiger partial charge on any atom is 0.260 e. The molecule has 0 aliphatic rings. The summed E-state index contributed by atoms with van der Waals surface area (Å²) in [5, 5.41) is 0.569. The Labute approximate surface area is 136 Å². The Morgan fingerprint density at radius 2 is 1.41 bits per heavy atom. The number of hydrogen-bond acceptors (Lipinski definition) is 3. The zero-order valence-corrected chi connectivity index (χ0v) is 16.1. The second-order valence-electron chi connectivity index (χ2n) is 4.29. The first-order valence-corrected chi connectivity index (χ1v) is 8.31. The molecule has 0 saturated heterocycles. The molecule has 0 unspecified atom stereocenters. The monoisotopic (exact) mass is 309 g/mol. The summed E-state index contributed by atoms with van der Waals surface area (Å²) in [6, 6.07) is 1.79. The molecule has 0 fully saturated rings. The van der Waals surface area contributed by atoms with Crippen LogP contribution in [0.3, 0.4) is 0 Å². The molecule has 2 rings (SSSR count). The molecule has 0 saturated carbocycles. The van der Waals surface area contributed by atoms with Gasteiger partial charge in [-0.05, 0) is 24.5 Å². The van der Waals surface area contributed by atoms with Gasteiger partial charge in [-0.15, -0.1) is 0 Å². The third-order valence-corrected chi connectivity index (χ3v) is 1.75. The molecule has 0 spiro atoms. The molecule has 1 N–H and O–H groups in total. The molecule has 4 heteroatoms. The van der Waals surface area contributed by atoms with Gasteiger partial charge in [0, 0.05) is 6.20 Å². The molecule has 0 radical (unpaired) electrons. The van der Waals surface area contributed by atoms with Crippen molar-refractivity contribution in [1.29, 1.82) is 0 Å². The molecule has 0 bridgehead atoms. The Kier molecular flexibility index (Phi) is 19.9. The normalized spacial score (nSPS) is 8.14. The molecule has 0 amide bonds. The summed E-state index contributed by atoms with van der Waals surface area (Å²) in [7, 11) is 0. The molecular formula is C18H35N3O. The van der Waals surface area contributed by atoms with Crippen molar-refractivity contribution in [2.45, 2.75) is 69.2 Å². The fraction of sp³-hybridized carbons (Fsp3) is 0.611. The third kappa shape index (κ3) is 11.0. The number of rotatable bonds is 0. The van der Waals surface area contributed by atoms with Crippen molar-refractivity contribution >= 4 is 11.0 Å². The molecular weight excluding hydrogens is 274 g/mol. The number of H-pyrrole nitrogens is 1. The van der Waals surface area contributed by atoms with Crippen LogP contribution in [0.25, 0.3) is 11.0 Å². The minimum absolute atomic E-state index is 0.134. The summed E-state index contributed by atoms with van der Waals surface area (Å²) in [5.74, 6) is 0.833. The number of aromatic amines is 1. The zero-order chi connectivity index (χ0) is 18.1. The first-order valence-electron chi connectivity index (χ1n) is 8.31. The average Bonchev–Trinajstić information content (AvgIpc) is 2.53. The van der Waals surface area contributed by atoms with Gasteiger partial charge in [-0.2, -0.15) is 0 Å². The largest absolute Gasteiger partial charge is 0.312 e. The number of nitrogens with zero attached hydrogens (tertiary/aromatic N) is 2. The summed E-state index contributed by atoms with van der Waals surface area (Å²) >= 11 is 0. The number of nitrogens with one attached hydrogen (secondary N) is 1. The van der Waals surface area contributed by atoms with E-state index in [1.807, 2.05) is 48.5 Å². The molecule has 22 heavy (non-hydrogen) atoms. The van der Waals surface area contributed by atoms with Crippen LogP contribution in [0.4, 0.5) is 0 Å². The van der Waals surface area contributed by atoms with Gasteiger partial charge in [0.15, 0.2) is 5.65 Å². The van der Waals surface area contributed by atoms with Gasteiger partial charge in [-0.3, -0.25) is 4.79 Å². The predicted molar refractivity (Wildman–Crippen MR) is 99.5 cm³/mol. The molecule has 2 heterocycles. The van der Waals surface area contributed by atoms with Crippen LogP contribution in [0.2, 0.25) is 0 Å². The highest BCUT2D eigenvalue weighted by atomic mass is 16.1. The number of aromatic nitrogens is 3. The smallest absolute Gasteiger partial charge is 0.260 e. The zero-order valence-electron chi connectivity index (χ0n) is 16.1. The van der Waals surface area contributed by atoms with Crippen LogP contribution in [0.5, 0.6) is 0 Å². The highest BCUT2D eigenvalue weighted by molar-refractivity contribution is 5.76. The van der Waals surface area contributed by atoms with Crippen LogP contribution in [-0.4, -0.2) is 15.0 Å². The molecule has 0 aromatic carbocycles. The van der Waals surface area contributed by atoms with E-state index in [-0.39, 0.29) is 5.56 Å². The fourth-order valence-corrected chi connectivity index (χ4v) is 1.15. The maximum absolute atomic E-state index is 11.3. The van der Waals surface area contributed by atoms with Crippen molar-refractivity contribution in [3.05, 3.63) is 34.5 Å². The molecule has 2 aromatic heterocycles. The van der Waals surface area contributed by atoms with Crippen molar-refractivity contribution in [3.8, 4) is 0 Å². The van der Waals surface area contributed by atoms with E-state index in [0.29, 0.717) is 11.0 Å². The lowest BCUT2D eigenvalue weighted by Gasteiger charge is -1.96. The van der Waals surface area contributed by atoms with Crippen molar-refractivity contribution in [3.63, 3.8) is 0 Å². The minimum atomic E-state index is -0.134. The Bertz CT molecular complexity index is 511. The SMILES string of the molecule is CC.CC.CC.CC(C)C.Cc1ccnc2nc[nH]c(=O)c12. The van der Waals surface area contributed by atoms with Gasteiger partial charge in [0.25, 0.3) is 5.56 Å². The maximum atomic E-state index is 11.3. The first kappa shape index (κ1) is 25.3. The van der Waals surface area contributed by atoms with E-state index in [4.69, 9.17) is 0 Å². The lowest BCUT2D eigenvalue weighted by Crippen LogP contribution is -2.08. The molecule has 0 aliphatic heterocycles. The standard InChI is InChI=1S/C8H7N3O.C4H10.3C2H6/c1-5-2-3-9-7-6(5)8(12)11-4-10-7;1-4(2)3;3*1-2/h2-4H,1H3,(H,9,10,11,12);4H,1-3H3;3*1-2H3.